The average Bonchev–Trinajstić information content (AvgIpc) is 2.68. The van der Waals surface area contributed by atoms with Crippen molar-refractivity contribution in [3.63, 3.8) is 0 Å². The van der Waals surface area contributed by atoms with E-state index in [0.29, 0.717) is 6.54 Å². The third kappa shape index (κ3) is 3.21. The molecule has 0 radical (unpaired) electrons. The van der Waals surface area contributed by atoms with Crippen molar-refractivity contribution in [2.24, 2.45) is 5.73 Å². The normalized spacial score (nSPS) is 19.0. The van der Waals surface area contributed by atoms with E-state index in [1.807, 2.05) is 30.0 Å². The molecule has 17 heavy (non-hydrogen) atoms. The van der Waals surface area contributed by atoms with E-state index in [1.165, 1.54) is 0 Å². The lowest BCUT2D eigenvalue weighted by Gasteiger charge is -2.16. The lowest BCUT2D eigenvalue weighted by Crippen LogP contribution is -2.31. The summed E-state index contributed by atoms with van der Waals surface area (Å²) in [5.74, 6) is 0.0775. The fourth-order valence-electron chi connectivity index (χ4n) is 1.88. The number of aryl methyl sites for hydroxylation is 1. The first kappa shape index (κ1) is 14.5. The molecule has 1 aromatic carbocycles. The first-order valence-electron chi connectivity index (χ1n) is 5.39. The van der Waals surface area contributed by atoms with Crippen LogP contribution in [0.25, 0.3) is 0 Å². The van der Waals surface area contributed by atoms with Crippen LogP contribution >= 0.6 is 28.3 Å². The van der Waals surface area contributed by atoms with Crippen LogP contribution in [0.4, 0.5) is 0 Å². The van der Waals surface area contributed by atoms with Gasteiger partial charge in [-0.25, -0.2) is 0 Å². The van der Waals surface area contributed by atoms with Gasteiger partial charge in [0.05, 0.1) is 0 Å². The second kappa shape index (κ2) is 5.85. The Morgan fingerprint density at radius 1 is 1.53 bits per heavy atom. The minimum atomic E-state index is 0. The number of rotatable bonds is 1. The van der Waals surface area contributed by atoms with Crippen LogP contribution in [-0.2, 0) is 0 Å². The Morgan fingerprint density at radius 2 is 2.24 bits per heavy atom. The first-order valence-corrected chi connectivity index (χ1v) is 6.18. The number of amides is 1. The Bertz CT molecular complexity index is 425. The van der Waals surface area contributed by atoms with Gasteiger partial charge in [-0.3, -0.25) is 4.79 Å². The van der Waals surface area contributed by atoms with Gasteiger partial charge < -0.3 is 10.6 Å². The van der Waals surface area contributed by atoms with Gasteiger partial charge in [-0.1, -0.05) is 22.0 Å². The zero-order valence-electron chi connectivity index (χ0n) is 9.65. The number of halogens is 2. The molecule has 1 heterocycles. The Balaban J connectivity index is 0.00000144. The topological polar surface area (TPSA) is 46.3 Å². The molecular formula is C12H16BrClN2O. The average molecular weight is 320 g/mol. The summed E-state index contributed by atoms with van der Waals surface area (Å²) in [5.41, 5.74) is 7.65. The van der Waals surface area contributed by atoms with Gasteiger partial charge >= 0.3 is 0 Å². The predicted octanol–water partition coefficient (Wildman–Crippen LogP) is 2.35. The van der Waals surface area contributed by atoms with Crippen LogP contribution < -0.4 is 5.73 Å². The standard InChI is InChI=1S/C12H15BrN2O.ClH/c1-8-2-3-9(6-11(8)13)12(16)15-5-4-10(14)7-15;/h2-3,6,10H,4-5,7,14H2,1H3;1H/t10-;/m0./s1. The van der Waals surface area contributed by atoms with Crippen LogP contribution in [0.2, 0.25) is 0 Å². The van der Waals surface area contributed by atoms with Crippen molar-refractivity contribution in [2.45, 2.75) is 19.4 Å². The molecule has 1 amide bonds. The van der Waals surface area contributed by atoms with Crippen LogP contribution in [0.3, 0.4) is 0 Å². The van der Waals surface area contributed by atoms with E-state index in [-0.39, 0.29) is 24.4 Å². The van der Waals surface area contributed by atoms with Gasteiger partial charge in [-0.2, -0.15) is 0 Å². The Labute approximate surface area is 116 Å². The molecule has 5 heteroatoms. The predicted molar refractivity (Wildman–Crippen MR) is 74.6 cm³/mol. The summed E-state index contributed by atoms with van der Waals surface area (Å²) >= 11 is 3.44. The quantitative estimate of drug-likeness (QED) is 0.863. The van der Waals surface area contributed by atoms with Crippen LogP contribution in [0.1, 0.15) is 22.3 Å². The van der Waals surface area contributed by atoms with Crippen LogP contribution in [0, 0.1) is 6.92 Å². The van der Waals surface area contributed by atoms with Crippen molar-refractivity contribution in [1.82, 2.24) is 4.90 Å². The van der Waals surface area contributed by atoms with Gasteiger partial charge in [-0.15, -0.1) is 12.4 Å². The maximum atomic E-state index is 12.1. The van der Waals surface area contributed by atoms with E-state index < -0.39 is 0 Å². The van der Waals surface area contributed by atoms with Gasteiger partial charge in [-0.05, 0) is 31.0 Å². The van der Waals surface area contributed by atoms with E-state index in [4.69, 9.17) is 5.73 Å². The van der Waals surface area contributed by atoms with Crippen LogP contribution in [0.15, 0.2) is 22.7 Å². The third-order valence-corrected chi connectivity index (χ3v) is 3.79. The molecule has 1 atom stereocenters. The van der Waals surface area contributed by atoms with E-state index in [0.717, 1.165) is 28.6 Å². The maximum Gasteiger partial charge on any atom is 0.253 e. The van der Waals surface area contributed by atoms with Gasteiger partial charge in [0.15, 0.2) is 0 Å². The summed E-state index contributed by atoms with van der Waals surface area (Å²) in [7, 11) is 0. The molecule has 0 bridgehead atoms. The molecule has 1 aliphatic heterocycles. The minimum Gasteiger partial charge on any atom is -0.337 e. The van der Waals surface area contributed by atoms with Crippen molar-refractivity contribution < 1.29 is 4.79 Å². The highest BCUT2D eigenvalue weighted by Crippen LogP contribution is 2.20. The van der Waals surface area contributed by atoms with Gasteiger partial charge in [0.2, 0.25) is 0 Å². The highest BCUT2D eigenvalue weighted by molar-refractivity contribution is 9.10. The zero-order chi connectivity index (χ0) is 11.7. The fraction of sp³-hybridized carbons (Fsp3) is 0.417. The van der Waals surface area contributed by atoms with E-state index in [1.54, 1.807) is 0 Å². The number of carbonyl (C=O) groups is 1. The summed E-state index contributed by atoms with van der Waals surface area (Å²) in [4.78, 5) is 13.9. The number of nitrogens with zero attached hydrogens (tertiary/aromatic N) is 1. The Hall–Kier alpha value is -0.580. The Kier molecular flexibility index (Phi) is 4.98. The number of hydrogen-bond acceptors (Lipinski definition) is 2. The summed E-state index contributed by atoms with van der Waals surface area (Å²) < 4.78 is 0.974. The van der Waals surface area contributed by atoms with Gasteiger partial charge in [0.1, 0.15) is 0 Å². The molecule has 3 nitrogen and oxygen atoms in total. The number of benzene rings is 1. The lowest BCUT2D eigenvalue weighted by molar-refractivity contribution is 0.0791. The minimum absolute atomic E-state index is 0. The molecule has 0 aliphatic carbocycles. The second-order valence-electron chi connectivity index (χ2n) is 4.26. The monoisotopic (exact) mass is 318 g/mol. The van der Waals surface area contributed by atoms with Crippen molar-refractivity contribution in [2.75, 3.05) is 13.1 Å². The van der Waals surface area contributed by atoms with E-state index in [2.05, 4.69) is 15.9 Å². The third-order valence-electron chi connectivity index (χ3n) is 2.93. The highest BCUT2D eigenvalue weighted by atomic mass is 79.9. The number of likely N-dealkylation sites (tertiary alicyclic amines) is 1. The van der Waals surface area contributed by atoms with E-state index in [9.17, 15) is 4.79 Å². The zero-order valence-corrected chi connectivity index (χ0v) is 12.1. The lowest BCUT2D eigenvalue weighted by atomic mass is 10.1. The molecule has 0 unspecified atom stereocenters. The fourth-order valence-corrected chi connectivity index (χ4v) is 2.26. The van der Waals surface area contributed by atoms with Crippen molar-refractivity contribution in [1.29, 1.82) is 0 Å². The smallest absolute Gasteiger partial charge is 0.253 e. The van der Waals surface area contributed by atoms with Crippen molar-refractivity contribution in [3.8, 4) is 0 Å². The summed E-state index contributed by atoms with van der Waals surface area (Å²) in [5, 5.41) is 0. The second-order valence-corrected chi connectivity index (χ2v) is 5.12. The summed E-state index contributed by atoms with van der Waals surface area (Å²) in [6.45, 7) is 3.44. The molecule has 1 fully saturated rings. The molecule has 1 aliphatic rings. The Morgan fingerprint density at radius 3 is 2.76 bits per heavy atom. The molecule has 94 valence electrons. The largest absolute Gasteiger partial charge is 0.337 e. The van der Waals surface area contributed by atoms with Gasteiger partial charge in [0.25, 0.3) is 5.91 Å². The highest BCUT2D eigenvalue weighted by Gasteiger charge is 2.24. The van der Waals surface area contributed by atoms with Gasteiger partial charge in [0, 0.05) is 29.2 Å². The molecule has 2 N–H and O–H groups in total. The van der Waals surface area contributed by atoms with Crippen molar-refractivity contribution in [3.05, 3.63) is 33.8 Å². The van der Waals surface area contributed by atoms with E-state index >= 15 is 0 Å². The first-order chi connectivity index (χ1) is 7.58. The number of carbonyl (C=O) groups excluding carboxylic acids is 1. The summed E-state index contributed by atoms with van der Waals surface area (Å²) in [6.07, 6.45) is 0.902. The molecule has 1 saturated heterocycles. The summed E-state index contributed by atoms with van der Waals surface area (Å²) in [6, 6.07) is 5.83. The maximum absolute atomic E-state index is 12.1. The SMILES string of the molecule is Cc1ccc(C(=O)N2CC[C@H](N)C2)cc1Br.Cl. The molecule has 1 aromatic rings. The van der Waals surface area contributed by atoms with Crippen molar-refractivity contribution >= 4 is 34.2 Å². The van der Waals surface area contributed by atoms with Crippen LogP contribution in [-0.4, -0.2) is 29.9 Å². The molecular weight excluding hydrogens is 304 g/mol. The number of nitrogens with two attached hydrogens (primary N) is 1. The number of hydrogen-bond donors (Lipinski definition) is 1. The molecule has 0 spiro atoms. The molecule has 2 rings (SSSR count). The van der Waals surface area contributed by atoms with Crippen LogP contribution in [0.5, 0.6) is 0 Å². The molecule has 0 saturated carbocycles. The molecule has 0 aromatic heterocycles.